The maximum absolute atomic E-state index is 13.4. The van der Waals surface area contributed by atoms with Crippen LogP contribution in [0, 0.1) is 5.41 Å². The average Bonchev–Trinajstić information content (AvgIpc) is 3.18. The summed E-state index contributed by atoms with van der Waals surface area (Å²) < 4.78 is 2.01. The fraction of sp³-hybridized carbons (Fsp3) is 0.269. The SMILES string of the molecule is N=C(N)c1ccc2cc(C(=O)N[C@H]3CC[C@H](N)CC3)n(Cc3cncc4ccccc34)c2c1. The standard InChI is InChI=1S/C26H28N6O/c27-20-7-9-21(10-8-20)31-26(33)24-11-16-5-6-17(25(28)29)12-23(16)32(24)15-19-14-30-13-18-3-1-2-4-22(18)19/h1-6,11-14,20-21H,7-10,15,27H2,(H3,28,29)(H,31,33)/t20-,21-. The second-order valence-electron chi connectivity index (χ2n) is 8.91. The fourth-order valence-corrected chi connectivity index (χ4v) is 4.78. The molecule has 0 atom stereocenters. The van der Waals surface area contributed by atoms with E-state index in [9.17, 15) is 4.79 Å². The van der Waals surface area contributed by atoms with Gasteiger partial charge >= 0.3 is 0 Å². The molecule has 1 aliphatic rings. The Morgan fingerprint density at radius 2 is 1.85 bits per heavy atom. The lowest BCUT2D eigenvalue weighted by Crippen LogP contribution is -2.41. The molecule has 1 aliphatic carbocycles. The van der Waals surface area contributed by atoms with Gasteiger partial charge in [-0.1, -0.05) is 36.4 Å². The van der Waals surface area contributed by atoms with Crippen molar-refractivity contribution in [3.8, 4) is 0 Å². The van der Waals surface area contributed by atoms with Crippen molar-refractivity contribution in [2.75, 3.05) is 0 Å². The quantitative estimate of drug-likeness (QED) is 0.280. The summed E-state index contributed by atoms with van der Waals surface area (Å²) in [5.41, 5.74) is 14.9. The molecule has 7 nitrogen and oxygen atoms in total. The van der Waals surface area contributed by atoms with Gasteiger partial charge in [-0.15, -0.1) is 0 Å². The summed E-state index contributed by atoms with van der Waals surface area (Å²) >= 11 is 0. The van der Waals surface area contributed by atoms with E-state index in [1.807, 2.05) is 59.4 Å². The van der Waals surface area contributed by atoms with E-state index < -0.39 is 0 Å². The van der Waals surface area contributed by atoms with Crippen molar-refractivity contribution in [2.45, 2.75) is 44.3 Å². The first-order valence-electron chi connectivity index (χ1n) is 11.4. The van der Waals surface area contributed by atoms with Crippen molar-refractivity contribution in [3.63, 3.8) is 0 Å². The van der Waals surface area contributed by atoms with Crippen LogP contribution in [0.15, 0.2) is 60.9 Å². The number of carbonyl (C=O) groups excluding carboxylic acids is 1. The third-order valence-electron chi connectivity index (χ3n) is 6.63. The summed E-state index contributed by atoms with van der Waals surface area (Å²) in [5, 5.41) is 14.2. The number of benzene rings is 2. The first-order chi connectivity index (χ1) is 16.0. The van der Waals surface area contributed by atoms with Crippen LogP contribution in [-0.2, 0) is 6.54 Å². The van der Waals surface area contributed by atoms with Gasteiger partial charge in [-0.25, -0.2) is 0 Å². The van der Waals surface area contributed by atoms with Gasteiger partial charge in [-0.05, 0) is 48.8 Å². The van der Waals surface area contributed by atoms with E-state index in [1.54, 1.807) is 0 Å². The number of nitrogens with zero attached hydrogens (tertiary/aromatic N) is 2. The molecule has 5 rings (SSSR count). The minimum Gasteiger partial charge on any atom is -0.384 e. The Balaban J connectivity index is 1.57. The number of hydrogen-bond acceptors (Lipinski definition) is 4. The number of nitrogens with two attached hydrogens (primary N) is 2. The fourth-order valence-electron chi connectivity index (χ4n) is 4.78. The van der Waals surface area contributed by atoms with Crippen LogP contribution in [0.1, 0.15) is 47.3 Å². The average molecular weight is 441 g/mol. The van der Waals surface area contributed by atoms with Gasteiger partial charge in [0.15, 0.2) is 0 Å². The molecule has 0 bridgehead atoms. The molecule has 0 unspecified atom stereocenters. The van der Waals surface area contributed by atoms with E-state index >= 15 is 0 Å². The highest BCUT2D eigenvalue weighted by Crippen LogP contribution is 2.26. The predicted molar refractivity (Wildman–Crippen MR) is 131 cm³/mol. The number of nitrogen functional groups attached to an aromatic ring is 1. The summed E-state index contributed by atoms with van der Waals surface area (Å²) in [6.07, 6.45) is 7.36. The molecule has 1 saturated carbocycles. The van der Waals surface area contributed by atoms with Gasteiger partial charge in [0.25, 0.3) is 5.91 Å². The second-order valence-corrected chi connectivity index (χ2v) is 8.91. The van der Waals surface area contributed by atoms with Crippen LogP contribution in [0.5, 0.6) is 0 Å². The highest BCUT2D eigenvalue weighted by molar-refractivity contribution is 6.02. The minimum atomic E-state index is -0.0933. The highest BCUT2D eigenvalue weighted by atomic mass is 16.2. The zero-order valence-electron chi connectivity index (χ0n) is 18.4. The lowest BCUT2D eigenvalue weighted by molar-refractivity contribution is 0.0917. The van der Waals surface area contributed by atoms with Crippen LogP contribution in [0.25, 0.3) is 21.7 Å². The largest absolute Gasteiger partial charge is 0.384 e. The lowest BCUT2D eigenvalue weighted by atomic mass is 9.92. The summed E-state index contributed by atoms with van der Waals surface area (Å²) in [4.78, 5) is 17.8. The maximum Gasteiger partial charge on any atom is 0.268 e. The van der Waals surface area contributed by atoms with Crippen LogP contribution in [-0.4, -0.2) is 33.4 Å². The van der Waals surface area contributed by atoms with E-state index in [2.05, 4.69) is 16.4 Å². The van der Waals surface area contributed by atoms with E-state index in [-0.39, 0.29) is 23.8 Å². The third-order valence-corrected chi connectivity index (χ3v) is 6.63. The van der Waals surface area contributed by atoms with Crippen LogP contribution in [0.2, 0.25) is 0 Å². The Bertz CT molecular complexity index is 1340. The number of aromatic nitrogens is 2. The zero-order chi connectivity index (χ0) is 22.9. The van der Waals surface area contributed by atoms with Crippen molar-refractivity contribution in [3.05, 3.63) is 77.7 Å². The molecule has 0 aliphatic heterocycles. The number of pyridine rings is 1. The smallest absolute Gasteiger partial charge is 0.268 e. The number of amides is 1. The molecule has 0 saturated heterocycles. The van der Waals surface area contributed by atoms with Crippen LogP contribution >= 0.6 is 0 Å². The molecule has 4 aromatic rings. The van der Waals surface area contributed by atoms with E-state index in [4.69, 9.17) is 16.9 Å². The van der Waals surface area contributed by atoms with E-state index in [1.165, 1.54) is 0 Å². The Kier molecular flexibility index (Phi) is 5.56. The summed E-state index contributed by atoms with van der Waals surface area (Å²) in [6.45, 7) is 0.484. The number of nitrogens with one attached hydrogen (secondary N) is 2. The van der Waals surface area contributed by atoms with Crippen LogP contribution in [0.4, 0.5) is 0 Å². The van der Waals surface area contributed by atoms with Gasteiger partial charge in [0.1, 0.15) is 11.5 Å². The molecule has 7 heteroatoms. The van der Waals surface area contributed by atoms with Gasteiger partial charge in [0, 0.05) is 46.3 Å². The molecule has 1 amide bonds. The Morgan fingerprint density at radius 3 is 2.64 bits per heavy atom. The van der Waals surface area contributed by atoms with E-state index in [0.717, 1.165) is 52.9 Å². The topological polar surface area (TPSA) is 123 Å². The monoisotopic (exact) mass is 440 g/mol. The molecule has 168 valence electrons. The summed E-state index contributed by atoms with van der Waals surface area (Å²) in [6, 6.07) is 16.0. The van der Waals surface area contributed by atoms with Crippen molar-refractivity contribution < 1.29 is 4.79 Å². The van der Waals surface area contributed by atoms with Crippen molar-refractivity contribution in [1.29, 1.82) is 5.41 Å². The molecule has 2 aromatic carbocycles. The molecule has 2 heterocycles. The molecule has 2 aromatic heterocycles. The Morgan fingerprint density at radius 1 is 1.06 bits per heavy atom. The first-order valence-corrected chi connectivity index (χ1v) is 11.4. The number of fused-ring (bicyclic) bond motifs is 2. The molecule has 1 fully saturated rings. The van der Waals surface area contributed by atoms with Crippen molar-refractivity contribution in [2.24, 2.45) is 11.5 Å². The van der Waals surface area contributed by atoms with Gasteiger partial charge in [-0.2, -0.15) is 0 Å². The first kappa shape index (κ1) is 21.2. The predicted octanol–water partition coefficient (Wildman–Crippen LogP) is 3.52. The molecule has 0 spiro atoms. The van der Waals surface area contributed by atoms with Crippen molar-refractivity contribution in [1.82, 2.24) is 14.9 Å². The normalized spacial score (nSPS) is 18.5. The van der Waals surface area contributed by atoms with Gasteiger partial charge in [0.2, 0.25) is 0 Å². The molecule has 33 heavy (non-hydrogen) atoms. The molecule has 6 N–H and O–H groups in total. The second kappa shape index (κ2) is 8.67. The van der Waals surface area contributed by atoms with E-state index in [0.29, 0.717) is 17.8 Å². The Hall–Kier alpha value is -3.71. The highest BCUT2D eigenvalue weighted by Gasteiger charge is 2.23. The molecular weight excluding hydrogens is 412 g/mol. The lowest BCUT2D eigenvalue weighted by Gasteiger charge is -2.27. The van der Waals surface area contributed by atoms with Crippen LogP contribution < -0.4 is 16.8 Å². The zero-order valence-corrected chi connectivity index (χ0v) is 18.4. The van der Waals surface area contributed by atoms with Gasteiger partial charge < -0.3 is 21.4 Å². The maximum atomic E-state index is 13.4. The summed E-state index contributed by atoms with van der Waals surface area (Å²) in [5.74, 6) is -0.0923. The molecule has 0 radical (unpaired) electrons. The van der Waals surface area contributed by atoms with Crippen molar-refractivity contribution >= 4 is 33.4 Å². The number of carbonyl (C=O) groups is 1. The number of hydrogen-bond donors (Lipinski definition) is 4. The van der Waals surface area contributed by atoms with Gasteiger partial charge in [-0.3, -0.25) is 15.2 Å². The van der Waals surface area contributed by atoms with Gasteiger partial charge in [0.05, 0.1) is 6.54 Å². The minimum absolute atomic E-state index is 0.000948. The molecular formula is C26H28N6O. The Labute approximate surface area is 192 Å². The van der Waals surface area contributed by atoms with Crippen LogP contribution in [0.3, 0.4) is 0 Å². The number of rotatable bonds is 5. The number of amidine groups is 1. The third kappa shape index (κ3) is 4.19. The summed E-state index contributed by atoms with van der Waals surface area (Å²) in [7, 11) is 0.